The Hall–Kier alpha value is -0.610. The molecule has 2 fully saturated rings. The van der Waals surface area contributed by atoms with Crippen molar-refractivity contribution in [3.63, 3.8) is 0 Å². The maximum Gasteiger partial charge on any atom is 0.361 e. The number of esters is 1. The summed E-state index contributed by atoms with van der Waals surface area (Å²) in [5.74, 6) is 0.631. The van der Waals surface area contributed by atoms with Crippen molar-refractivity contribution in [2.75, 3.05) is 41.3 Å². The first-order valence-corrected chi connectivity index (χ1v) is 8.63. The van der Waals surface area contributed by atoms with E-state index in [9.17, 15) is 4.79 Å². The number of quaternary nitrogens is 1. The SMILES string of the molecule is CCOC(=O)C[N+](C)(C)[C@@H]1[C@@H](N(C)C)[C@H]2CC[C@@]1(C)C2(C)C. The molecule has 0 heterocycles. The third-order valence-electron chi connectivity index (χ3n) is 6.95. The van der Waals surface area contributed by atoms with Crippen LogP contribution in [0.3, 0.4) is 0 Å². The predicted octanol–water partition coefficient (Wildman–Crippen LogP) is 2.38. The first-order valence-electron chi connectivity index (χ1n) is 8.63. The zero-order chi connectivity index (χ0) is 16.9. The molecule has 0 aromatic heterocycles. The van der Waals surface area contributed by atoms with Crippen LogP contribution in [0.15, 0.2) is 0 Å². The molecule has 0 radical (unpaired) electrons. The molecule has 2 aliphatic rings. The van der Waals surface area contributed by atoms with E-state index in [1.165, 1.54) is 12.8 Å². The fraction of sp³-hybridized carbons (Fsp3) is 0.944. The number of fused-ring (bicyclic) bond motifs is 2. The number of hydrogen-bond acceptors (Lipinski definition) is 3. The zero-order valence-corrected chi connectivity index (χ0v) is 15.8. The molecule has 0 saturated heterocycles. The van der Waals surface area contributed by atoms with Gasteiger partial charge in [0.25, 0.3) is 0 Å². The molecule has 128 valence electrons. The molecule has 0 aromatic rings. The summed E-state index contributed by atoms with van der Waals surface area (Å²) in [6.07, 6.45) is 2.58. The van der Waals surface area contributed by atoms with Gasteiger partial charge >= 0.3 is 5.97 Å². The summed E-state index contributed by atoms with van der Waals surface area (Å²) >= 11 is 0. The van der Waals surface area contributed by atoms with Gasteiger partial charge in [0.15, 0.2) is 6.54 Å². The Balaban J connectivity index is 2.36. The number of hydrogen-bond donors (Lipinski definition) is 0. The number of carbonyl (C=O) groups excluding carboxylic acids is 1. The van der Waals surface area contributed by atoms with Crippen LogP contribution in [-0.2, 0) is 9.53 Å². The van der Waals surface area contributed by atoms with Gasteiger partial charge in [-0.15, -0.1) is 0 Å². The lowest BCUT2D eigenvalue weighted by atomic mass is 9.68. The number of nitrogens with zero attached hydrogens (tertiary/aromatic N) is 2. The summed E-state index contributed by atoms with van der Waals surface area (Å²) in [7, 11) is 8.81. The predicted molar refractivity (Wildman–Crippen MR) is 89.5 cm³/mol. The monoisotopic (exact) mass is 311 g/mol. The van der Waals surface area contributed by atoms with Gasteiger partial charge in [0.1, 0.15) is 6.04 Å². The van der Waals surface area contributed by atoms with Crippen LogP contribution in [0.25, 0.3) is 0 Å². The molecule has 0 amide bonds. The van der Waals surface area contributed by atoms with Crippen LogP contribution >= 0.6 is 0 Å². The Morgan fingerprint density at radius 1 is 1.27 bits per heavy atom. The highest BCUT2D eigenvalue weighted by Gasteiger charge is 2.71. The van der Waals surface area contributed by atoms with Crippen LogP contribution in [0.4, 0.5) is 0 Å². The van der Waals surface area contributed by atoms with Crippen molar-refractivity contribution >= 4 is 5.97 Å². The highest BCUT2D eigenvalue weighted by molar-refractivity contribution is 5.70. The number of carbonyl (C=O) groups is 1. The van der Waals surface area contributed by atoms with E-state index < -0.39 is 0 Å². The van der Waals surface area contributed by atoms with E-state index in [4.69, 9.17) is 4.74 Å². The van der Waals surface area contributed by atoms with Crippen LogP contribution in [0, 0.1) is 16.7 Å². The second kappa shape index (κ2) is 5.48. The van der Waals surface area contributed by atoms with E-state index >= 15 is 0 Å². The Morgan fingerprint density at radius 3 is 2.36 bits per heavy atom. The Kier molecular flexibility index (Phi) is 4.42. The van der Waals surface area contributed by atoms with Gasteiger partial charge in [-0.05, 0) is 45.2 Å². The van der Waals surface area contributed by atoms with Crippen molar-refractivity contribution in [1.29, 1.82) is 0 Å². The molecule has 0 spiro atoms. The van der Waals surface area contributed by atoms with E-state index in [0.29, 0.717) is 36.6 Å². The Bertz CT molecular complexity index is 444. The number of rotatable bonds is 5. The third kappa shape index (κ3) is 2.39. The molecule has 0 aliphatic heterocycles. The lowest BCUT2D eigenvalue weighted by Crippen LogP contribution is -2.64. The molecule has 0 unspecified atom stereocenters. The van der Waals surface area contributed by atoms with Crippen molar-refractivity contribution in [2.24, 2.45) is 16.7 Å². The van der Waals surface area contributed by atoms with Gasteiger partial charge in [0.2, 0.25) is 0 Å². The normalized spacial score (nSPS) is 36.9. The second-order valence-corrected chi connectivity index (χ2v) is 8.93. The van der Waals surface area contributed by atoms with Crippen molar-refractivity contribution < 1.29 is 14.0 Å². The van der Waals surface area contributed by atoms with Crippen LogP contribution in [0.1, 0.15) is 40.5 Å². The third-order valence-corrected chi connectivity index (χ3v) is 6.95. The molecular weight excluding hydrogens is 276 g/mol. The van der Waals surface area contributed by atoms with E-state index in [1.54, 1.807) is 0 Å². The molecule has 4 heteroatoms. The van der Waals surface area contributed by atoms with Crippen molar-refractivity contribution in [2.45, 2.75) is 52.6 Å². The minimum Gasteiger partial charge on any atom is -0.462 e. The van der Waals surface area contributed by atoms with Crippen molar-refractivity contribution in [1.82, 2.24) is 4.90 Å². The average Bonchev–Trinajstić information content (AvgIpc) is 2.68. The van der Waals surface area contributed by atoms with Gasteiger partial charge in [-0.1, -0.05) is 20.8 Å². The first-order chi connectivity index (χ1) is 9.99. The first kappa shape index (κ1) is 17.7. The molecule has 4 atom stereocenters. The number of ether oxygens (including phenoxy) is 1. The van der Waals surface area contributed by atoms with Crippen molar-refractivity contribution in [3.8, 4) is 0 Å². The maximum absolute atomic E-state index is 12.1. The molecule has 0 aromatic carbocycles. The van der Waals surface area contributed by atoms with E-state index in [1.807, 2.05) is 6.92 Å². The summed E-state index contributed by atoms with van der Waals surface area (Å²) in [5, 5.41) is 0. The smallest absolute Gasteiger partial charge is 0.361 e. The molecular formula is C18H35N2O2+. The second-order valence-electron chi connectivity index (χ2n) is 8.93. The van der Waals surface area contributed by atoms with Gasteiger partial charge in [-0.2, -0.15) is 0 Å². The van der Waals surface area contributed by atoms with Crippen molar-refractivity contribution in [3.05, 3.63) is 0 Å². The molecule has 0 N–H and O–H groups in total. The standard InChI is InChI=1S/C18H35N2O2/c1-9-22-14(21)12-20(7,8)16-15(19(5)6)13-10-11-18(16,4)17(13,2)3/h13,15-16H,9-12H2,1-8H3/q+1/t13-,15+,16-,18-/m1/s1. The highest BCUT2D eigenvalue weighted by atomic mass is 16.5. The fourth-order valence-electron chi connectivity index (χ4n) is 5.75. The summed E-state index contributed by atoms with van der Waals surface area (Å²) in [6, 6.07) is 0.985. The van der Waals surface area contributed by atoms with E-state index in [2.05, 4.69) is 53.9 Å². The summed E-state index contributed by atoms with van der Waals surface area (Å²) < 4.78 is 5.95. The fourth-order valence-corrected chi connectivity index (χ4v) is 5.75. The van der Waals surface area contributed by atoms with Crippen LogP contribution in [-0.4, -0.2) is 68.8 Å². The zero-order valence-electron chi connectivity index (χ0n) is 15.8. The average molecular weight is 311 g/mol. The molecule has 22 heavy (non-hydrogen) atoms. The van der Waals surface area contributed by atoms with Gasteiger partial charge in [0, 0.05) is 5.41 Å². The van der Waals surface area contributed by atoms with Crippen LogP contribution in [0.2, 0.25) is 0 Å². The van der Waals surface area contributed by atoms with Gasteiger partial charge < -0.3 is 14.1 Å². The quantitative estimate of drug-likeness (QED) is 0.577. The van der Waals surface area contributed by atoms with Crippen LogP contribution < -0.4 is 0 Å². The highest BCUT2D eigenvalue weighted by Crippen LogP contribution is 2.67. The van der Waals surface area contributed by atoms with Gasteiger partial charge in [-0.25, -0.2) is 4.79 Å². The minimum atomic E-state index is -0.0748. The maximum atomic E-state index is 12.1. The van der Waals surface area contributed by atoms with Gasteiger partial charge in [-0.3, -0.25) is 0 Å². The topological polar surface area (TPSA) is 29.5 Å². The Labute approximate surface area is 136 Å². The minimum absolute atomic E-state index is 0.0748. The molecule has 2 saturated carbocycles. The lowest BCUT2D eigenvalue weighted by Gasteiger charge is -2.50. The van der Waals surface area contributed by atoms with Gasteiger partial charge in [0.05, 0.1) is 26.7 Å². The Morgan fingerprint density at radius 2 is 1.86 bits per heavy atom. The largest absolute Gasteiger partial charge is 0.462 e. The lowest BCUT2D eigenvalue weighted by molar-refractivity contribution is -0.917. The van der Waals surface area contributed by atoms with E-state index in [-0.39, 0.29) is 11.4 Å². The van der Waals surface area contributed by atoms with Crippen LogP contribution in [0.5, 0.6) is 0 Å². The van der Waals surface area contributed by atoms with E-state index in [0.717, 1.165) is 4.48 Å². The summed E-state index contributed by atoms with van der Waals surface area (Å²) in [6.45, 7) is 10.1. The molecule has 2 bridgehead atoms. The molecule has 2 aliphatic carbocycles. The summed E-state index contributed by atoms with van der Waals surface area (Å²) in [5.41, 5.74) is 0.583. The summed E-state index contributed by atoms with van der Waals surface area (Å²) in [4.78, 5) is 14.5. The molecule has 2 rings (SSSR count). The number of likely N-dealkylation sites (N-methyl/N-ethyl adjacent to an activating group) is 2. The molecule has 4 nitrogen and oxygen atoms in total.